The van der Waals surface area contributed by atoms with E-state index in [4.69, 9.17) is 5.11 Å². The lowest BCUT2D eigenvalue weighted by Gasteiger charge is -2.16. The first-order valence-electron chi connectivity index (χ1n) is 6.61. The highest BCUT2D eigenvalue weighted by Crippen LogP contribution is 2.22. The van der Waals surface area contributed by atoms with Gasteiger partial charge in [-0.1, -0.05) is 18.2 Å². The molecule has 0 bridgehead atoms. The molecule has 2 unspecified atom stereocenters. The zero-order valence-corrected chi connectivity index (χ0v) is 11.2. The minimum absolute atomic E-state index is 0.00304. The number of carboxylic acid groups (broad SMARTS) is 1. The fourth-order valence-corrected chi connectivity index (χ4v) is 2.30. The Kier molecular flexibility index (Phi) is 4.67. The fourth-order valence-electron chi connectivity index (χ4n) is 2.30. The van der Waals surface area contributed by atoms with Crippen molar-refractivity contribution in [3.05, 3.63) is 47.5 Å². The molecule has 0 spiro atoms. The molecular formula is C15H15F2NO3. The van der Waals surface area contributed by atoms with Gasteiger partial charge in [0.25, 0.3) is 0 Å². The summed E-state index contributed by atoms with van der Waals surface area (Å²) in [6, 6.07) is 1.38. The molecule has 2 N–H and O–H groups in total. The molecule has 1 aliphatic carbocycles. The first-order valence-corrected chi connectivity index (χ1v) is 6.61. The van der Waals surface area contributed by atoms with E-state index >= 15 is 0 Å². The van der Waals surface area contributed by atoms with E-state index in [9.17, 15) is 18.4 Å². The number of rotatable bonds is 5. The van der Waals surface area contributed by atoms with Crippen LogP contribution in [0.5, 0.6) is 0 Å². The van der Waals surface area contributed by atoms with Crippen molar-refractivity contribution < 1.29 is 23.5 Å². The van der Waals surface area contributed by atoms with Crippen LogP contribution in [0.4, 0.5) is 8.78 Å². The lowest BCUT2D eigenvalue weighted by molar-refractivity contribution is -0.142. The van der Waals surface area contributed by atoms with Crippen molar-refractivity contribution in [3.8, 4) is 0 Å². The smallest absolute Gasteiger partial charge is 0.330 e. The molecule has 112 valence electrons. The predicted octanol–water partition coefficient (Wildman–Crippen LogP) is 2.56. The first-order chi connectivity index (χ1) is 9.97. The van der Waals surface area contributed by atoms with E-state index in [1.807, 2.05) is 12.2 Å². The third kappa shape index (κ3) is 3.87. The monoisotopic (exact) mass is 295 g/mol. The minimum atomic E-state index is -1.39. The zero-order valence-electron chi connectivity index (χ0n) is 11.2. The van der Waals surface area contributed by atoms with Gasteiger partial charge in [0.15, 0.2) is 17.7 Å². The molecule has 1 aromatic carbocycles. The minimum Gasteiger partial charge on any atom is -0.479 e. The van der Waals surface area contributed by atoms with Crippen LogP contribution in [0, 0.1) is 17.6 Å². The Morgan fingerprint density at radius 3 is 2.67 bits per heavy atom. The Labute approximate surface area is 120 Å². The van der Waals surface area contributed by atoms with Gasteiger partial charge in [0.2, 0.25) is 5.91 Å². The Morgan fingerprint density at radius 2 is 2.10 bits per heavy atom. The third-order valence-electron chi connectivity index (χ3n) is 3.39. The lowest BCUT2D eigenvalue weighted by atomic mass is 10.0. The third-order valence-corrected chi connectivity index (χ3v) is 3.39. The van der Waals surface area contributed by atoms with Crippen molar-refractivity contribution >= 4 is 11.9 Å². The van der Waals surface area contributed by atoms with Crippen LogP contribution in [0.25, 0.3) is 0 Å². The van der Waals surface area contributed by atoms with E-state index in [1.54, 1.807) is 0 Å². The van der Waals surface area contributed by atoms with Crippen LogP contribution < -0.4 is 5.32 Å². The molecule has 21 heavy (non-hydrogen) atoms. The summed E-state index contributed by atoms with van der Waals surface area (Å²) in [5.74, 6) is -3.86. The van der Waals surface area contributed by atoms with Gasteiger partial charge in [0.05, 0.1) is 0 Å². The highest BCUT2D eigenvalue weighted by Gasteiger charge is 2.24. The van der Waals surface area contributed by atoms with E-state index in [0.717, 1.165) is 31.0 Å². The fraction of sp³-hybridized carbons (Fsp3) is 0.333. The summed E-state index contributed by atoms with van der Waals surface area (Å²) in [4.78, 5) is 23.1. The number of amides is 1. The van der Waals surface area contributed by atoms with Crippen LogP contribution in [-0.4, -0.2) is 17.0 Å². The van der Waals surface area contributed by atoms with Crippen LogP contribution in [0.2, 0.25) is 0 Å². The van der Waals surface area contributed by atoms with Gasteiger partial charge >= 0.3 is 5.97 Å². The van der Waals surface area contributed by atoms with Gasteiger partial charge in [-0.05, 0) is 36.5 Å². The molecule has 1 aliphatic rings. The molecule has 0 fully saturated rings. The average Bonchev–Trinajstić information content (AvgIpc) is 2.92. The average molecular weight is 295 g/mol. The quantitative estimate of drug-likeness (QED) is 0.820. The number of carbonyl (C=O) groups excluding carboxylic acids is 1. The van der Waals surface area contributed by atoms with Crippen LogP contribution >= 0.6 is 0 Å². The molecule has 0 saturated carbocycles. The Bertz CT molecular complexity index is 586. The van der Waals surface area contributed by atoms with Gasteiger partial charge in [-0.15, -0.1) is 0 Å². The summed E-state index contributed by atoms with van der Waals surface area (Å²) in [5.41, 5.74) is -0.00304. The largest absolute Gasteiger partial charge is 0.479 e. The highest BCUT2D eigenvalue weighted by atomic mass is 19.2. The topological polar surface area (TPSA) is 66.4 Å². The maximum absolute atomic E-state index is 13.2. The zero-order chi connectivity index (χ0) is 15.4. The van der Waals surface area contributed by atoms with Crippen LogP contribution in [0.1, 0.15) is 30.9 Å². The molecule has 0 aliphatic heterocycles. The molecule has 4 nitrogen and oxygen atoms in total. The summed E-state index contributed by atoms with van der Waals surface area (Å²) in [5, 5.41) is 11.5. The number of benzene rings is 1. The standard InChI is InChI=1S/C15H15F2NO3/c16-11-6-5-10(8-12(11)17)14(15(20)21)18-13(19)7-9-3-1-2-4-9/h1,3,5-6,8-9,14H,2,4,7H2,(H,18,19)(H,20,21). The van der Waals surface area contributed by atoms with Crippen molar-refractivity contribution in [2.45, 2.75) is 25.3 Å². The number of hydrogen-bond donors (Lipinski definition) is 2. The SMILES string of the molecule is O=C(CC1C=CCC1)NC(C(=O)O)c1ccc(F)c(F)c1. The Hall–Kier alpha value is -2.24. The second kappa shape index (κ2) is 6.47. The van der Waals surface area contributed by atoms with Crippen molar-refractivity contribution in [2.75, 3.05) is 0 Å². The molecular weight excluding hydrogens is 280 g/mol. The van der Waals surface area contributed by atoms with Crippen LogP contribution in [0.15, 0.2) is 30.4 Å². The predicted molar refractivity (Wildman–Crippen MR) is 71.4 cm³/mol. The number of allylic oxidation sites excluding steroid dienone is 2. The van der Waals surface area contributed by atoms with E-state index in [-0.39, 0.29) is 17.9 Å². The van der Waals surface area contributed by atoms with Gasteiger partial charge in [0.1, 0.15) is 0 Å². The summed E-state index contributed by atoms with van der Waals surface area (Å²) in [7, 11) is 0. The van der Waals surface area contributed by atoms with Crippen LogP contribution in [-0.2, 0) is 9.59 Å². The van der Waals surface area contributed by atoms with Crippen molar-refractivity contribution in [3.63, 3.8) is 0 Å². The van der Waals surface area contributed by atoms with Gasteiger partial charge in [-0.2, -0.15) is 0 Å². The van der Waals surface area contributed by atoms with Crippen molar-refractivity contribution in [1.82, 2.24) is 5.32 Å². The molecule has 6 heteroatoms. The normalized spacial score (nSPS) is 18.5. The summed E-state index contributed by atoms with van der Waals surface area (Å²) in [6.45, 7) is 0. The number of hydrogen-bond acceptors (Lipinski definition) is 2. The number of halogens is 2. The molecule has 1 amide bonds. The van der Waals surface area contributed by atoms with E-state index in [2.05, 4.69) is 5.32 Å². The van der Waals surface area contributed by atoms with Crippen LogP contribution in [0.3, 0.4) is 0 Å². The second-order valence-corrected chi connectivity index (χ2v) is 4.98. The van der Waals surface area contributed by atoms with Gasteiger partial charge < -0.3 is 10.4 Å². The molecule has 0 aromatic heterocycles. The van der Waals surface area contributed by atoms with Gasteiger partial charge in [-0.3, -0.25) is 4.79 Å². The van der Waals surface area contributed by atoms with Crippen molar-refractivity contribution in [2.24, 2.45) is 5.92 Å². The summed E-state index contributed by atoms with van der Waals surface area (Å²) in [6.07, 6.45) is 5.85. The molecule has 0 saturated heterocycles. The first kappa shape index (κ1) is 15.2. The molecule has 0 heterocycles. The van der Waals surface area contributed by atoms with Gasteiger partial charge in [-0.25, -0.2) is 13.6 Å². The maximum atomic E-state index is 13.2. The number of carbonyl (C=O) groups is 2. The maximum Gasteiger partial charge on any atom is 0.330 e. The molecule has 1 aromatic rings. The highest BCUT2D eigenvalue weighted by molar-refractivity contribution is 5.84. The Morgan fingerprint density at radius 1 is 1.33 bits per heavy atom. The summed E-state index contributed by atoms with van der Waals surface area (Å²) >= 11 is 0. The van der Waals surface area contributed by atoms with E-state index in [1.165, 1.54) is 0 Å². The number of carboxylic acids is 1. The van der Waals surface area contributed by atoms with E-state index in [0.29, 0.717) is 0 Å². The van der Waals surface area contributed by atoms with Crippen molar-refractivity contribution in [1.29, 1.82) is 0 Å². The number of aliphatic carboxylic acids is 1. The van der Waals surface area contributed by atoms with Gasteiger partial charge in [0, 0.05) is 6.42 Å². The Balaban J connectivity index is 2.07. The molecule has 0 radical (unpaired) electrons. The molecule has 2 rings (SSSR count). The lowest BCUT2D eigenvalue weighted by Crippen LogP contribution is -2.34. The number of nitrogens with one attached hydrogen (secondary N) is 1. The van der Waals surface area contributed by atoms with E-state index < -0.39 is 29.6 Å². The molecule has 2 atom stereocenters. The summed E-state index contributed by atoms with van der Waals surface area (Å²) < 4.78 is 26.1. The second-order valence-electron chi connectivity index (χ2n) is 4.98.